The molecule has 0 bridgehead atoms. The van der Waals surface area contributed by atoms with Crippen LogP contribution in [-0.2, 0) is 4.79 Å². The highest BCUT2D eigenvalue weighted by Crippen LogP contribution is 2.18. The highest BCUT2D eigenvalue weighted by atomic mass is 16.3. The van der Waals surface area contributed by atoms with E-state index in [1.165, 1.54) is 0 Å². The van der Waals surface area contributed by atoms with Gasteiger partial charge in [0.05, 0.1) is 25.2 Å². The van der Waals surface area contributed by atoms with Crippen molar-refractivity contribution < 1.29 is 9.90 Å². The van der Waals surface area contributed by atoms with Crippen LogP contribution in [0, 0.1) is 0 Å². The zero-order chi connectivity index (χ0) is 17.4. The number of nitrogens with zero attached hydrogens (tertiary/aromatic N) is 1. The van der Waals surface area contributed by atoms with Crippen molar-refractivity contribution in [3.8, 4) is 0 Å². The number of benzene rings is 2. The van der Waals surface area contributed by atoms with E-state index < -0.39 is 0 Å². The lowest BCUT2D eigenvalue weighted by molar-refractivity contribution is -0.120. The minimum absolute atomic E-state index is 0.0207. The molecule has 0 aromatic heterocycles. The second-order valence-corrected chi connectivity index (χ2v) is 5.91. The molecule has 0 aliphatic heterocycles. The number of nitrogens with one attached hydrogen (secondary N) is 1. The van der Waals surface area contributed by atoms with E-state index in [2.05, 4.69) is 5.32 Å². The molecule has 2 N–H and O–H groups in total. The fourth-order valence-electron chi connectivity index (χ4n) is 2.77. The summed E-state index contributed by atoms with van der Waals surface area (Å²) >= 11 is 0. The van der Waals surface area contributed by atoms with Crippen LogP contribution in [0.5, 0.6) is 0 Å². The minimum Gasteiger partial charge on any atom is -0.394 e. The van der Waals surface area contributed by atoms with Gasteiger partial charge in [-0.1, -0.05) is 55.5 Å². The van der Waals surface area contributed by atoms with Gasteiger partial charge in [-0.3, -0.25) is 4.79 Å². The van der Waals surface area contributed by atoms with Crippen LogP contribution in [0.1, 0.15) is 31.9 Å². The van der Waals surface area contributed by atoms with Gasteiger partial charge < -0.3 is 15.3 Å². The number of anilines is 1. The summed E-state index contributed by atoms with van der Waals surface area (Å²) in [6.45, 7) is 4.23. The maximum atomic E-state index is 12.5. The molecule has 0 unspecified atom stereocenters. The van der Waals surface area contributed by atoms with Crippen molar-refractivity contribution in [3.63, 3.8) is 0 Å². The van der Waals surface area contributed by atoms with Crippen molar-refractivity contribution in [2.75, 3.05) is 18.1 Å². The molecule has 4 nitrogen and oxygen atoms in total. The second-order valence-electron chi connectivity index (χ2n) is 5.91. The van der Waals surface area contributed by atoms with Crippen molar-refractivity contribution in [3.05, 3.63) is 66.2 Å². The van der Waals surface area contributed by atoms with Crippen molar-refractivity contribution in [2.24, 2.45) is 0 Å². The number of rotatable bonds is 8. The molecular weight excluding hydrogens is 300 g/mol. The molecule has 2 aromatic carbocycles. The van der Waals surface area contributed by atoms with Crippen molar-refractivity contribution in [1.29, 1.82) is 0 Å². The standard InChI is InChI=1S/C20H26N2O2/c1-3-18(15-23)22(19-12-8-5-9-13-19)14-20(24)21-16(2)17-10-6-4-7-11-17/h4-13,16,18,23H,3,14-15H2,1-2H3,(H,21,24)/t16-,18-/m0/s1. The van der Waals surface area contributed by atoms with Crippen LogP contribution >= 0.6 is 0 Å². The first kappa shape index (κ1) is 18.0. The number of para-hydroxylation sites is 1. The summed E-state index contributed by atoms with van der Waals surface area (Å²) in [5.74, 6) is -0.0536. The molecule has 0 heterocycles. The van der Waals surface area contributed by atoms with Gasteiger partial charge in [-0.15, -0.1) is 0 Å². The third-order valence-corrected chi connectivity index (χ3v) is 4.20. The zero-order valence-electron chi connectivity index (χ0n) is 14.4. The van der Waals surface area contributed by atoms with Gasteiger partial charge in [-0.05, 0) is 31.0 Å². The Morgan fingerprint density at radius 3 is 2.21 bits per heavy atom. The van der Waals surface area contributed by atoms with Gasteiger partial charge in [0.1, 0.15) is 0 Å². The maximum Gasteiger partial charge on any atom is 0.240 e. The normalized spacial score (nSPS) is 13.1. The van der Waals surface area contributed by atoms with Crippen molar-refractivity contribution >= 4 is 11.6 Å². The Hall–Kier alpha value is -2.33. The first-order valence-electron chi connectivity index (χ1n) is 8.42. The topological polar surface area (TPSA) is 52.6 Å². The van der Waals surface area contributed by atoms with E-state index in [0.29, 0.717) is 0 Å². The van der Waals surface area contributed by atoms with Crippen molar-refractivity contribution in [1.82, 2.24) is 5.32 Å². The third-order valence-electron chi connectivity index (χ3n) is 4.20. The van der Waals surface area contributed by atoms with E-state index in [0.717, 1.165) is 17.7 Å². The Morgan fingerprint density at radius 2 is 1.67 bits per heavy atom. The van der Waals surface area contributed by atoms with Crippen LogP contribution < -0.4 is 10.2 Å². The van der Waals surface area contributed by atoms with Crippen LogP contribution in [-0.4, -0.2) is 30.2 Å². The number of hydrogen-bond donors (Lipinski definition) is 2. The highest BCUT2D eigenvalue weighted by molar-refractivity contribution is 5.82. The molecule has 0 aliphatic rings. The Labute approximate surface area is 144 Å². The average molecular weight is 326 g/mol. The first-order chi connectivity index (χ1) is 11.7. The van der Waals surface area contributed by atoms with Gasteiger partial charge >= 0.3 is 0 Å². The molecule has 2 rings (SSSR count). The predicted octanol–water partition coefficient (Wildman–Crippen LogP) is 3.14. The Kier molecular flexibility index (Phi) is 6.82. The summed E-state index contributed by atoms with van der Waals surface area (Å²) in [6.07, 6.45) is 0.771. The molecule has 0 saturated heterocycles. The van der Waals surface area contributed by atoms with Crippen LogP contribution in [0.4, 0.5) is 5.69 Å². The van der Waals surface area contributed by atoms with Crippen LogP contribution in [0.3, 0.4) is 0 Å². The lowest BCUT2D eigenvalue weighted by Crippen LogP contribution is -2.45. The summed E-state index contributed by atoms with van der Waals surface area (Å²) in [4.78, 5) is 14.5. The average Bonchev–Trinajstić information content (AvgIpc) is 2.63. The summed E-state index contributed by atoms with van der Waals surface area (Å²) in [5.41, 5.74) is 2.02. The molecule has 0 spiro atoms. The van der Waals surface area contributed by atoms with Gasteiger partial charge in [0.25, 0.3) is 0 Å². The van der Waals surface area contributed by atoms with Gasteiger partial charge in [0.15, 0.2) is 0 Å². The fourth-order valence-corrected chi connectivity index (χ4v) is 2.77. The SMILES string of the molecule is CC[C@@H](CO)N(CC(=O)N[C@@H](C)c1ccccc1)c1ccccc1. The molecule has 2 atom stereocenters. The van der Waals surface area contributed by atoms with E-state index in [-0.39, 0.29) is 31.1 Å². The number of aliphatic hydroxyl groups is 1. The van der Waals surface area contributed by atoms with E-state index in [1.54, 1.807) is 0 Å². The van der Waals surface area contributed by atoms with Gasteiger partial charge in [0, 0.05) is 5.69 Å². The first-order valence-corrected chi connectivity index (χ1v) is 8.42. The summed E-state index contributed by atoms with van der Waals surface area (Å²) < 4.78 is 0. The second kappa shape index (κ2) is 9.08. The molecule has 0 fully saturated rings. The molecule has 2 aromatic rings. The predicted molar refractivity (Wildman–Crippen MR) is 98.0 cm³/mol. The molecule has 1 amide bonds. The van der Waals surface area contributed by atoms with Gasteiger partial charge in [-0.25, -0.2) is 0 Å². The summed E-state index contributed by atoms with van der Waals surface area (Å²) in [7, 11) is 0. The molecule has 128 valence electrons. The highest BCUT2D eigenvalue weighted by Gasteiger charge is 2.20. The van der Waals surface area contributed by atoms with E-state index in [4.69, 9.17) is 0 Å². The molecular formula is C20H26N2O2. The van der Waals surface area contributed by atoms with Gasteiger partial charge in [0.2, 0.25) is 5.91 Å². The molecule has 24 heavy (non-hydrogen) atoms. The van der Waals surface area contributed by atoms with E-state index in [9.17, 15) is 9.90 Å². The molecule has 4 heteroatoms. The quantitative estimate of drug-likeness (QED) is 0.783. The third kappa shape index (κ3) is 4.83. The monoisotopic (exact) mass is 326 g/mol. The smallest absolute Gasteiger partial charge is 0.240 e. The van der Waals surface area contributed by atoms with Crippen LogP contribution in [0.15, 0.2) is 60.7 Å². The van der Waals surface area contributed by atoms with E-state index in [1.807, 2.05) is 79.4 Å². The van der Waals surface area contributed by atoms with Gasteiger partial charge in [-0.2, -0.15) is 0 Å². The van der Waals surface area contributed by atoms with Crippen molar-refractivity contribution in [2.45, 2.75) is 32.4 Å². The van der Waals surface area contributed by atoms with Crippen LogP contribution in [0.25, 0.3) is 0 Å². The minimum atomic E-state index is -0.0785. The Balaban J connectivity index is 2.07. The van der Waals surface area contributed by atoms with E-state index >= 15 is 0 Å². The molecule has 0 aliphatic carbocycles. The Morgan fingerprint density at radius 1 is 1.08 bits per heavy atom. The number of carbonyl (C=O) groups is 1. The zero-order valence-corrected chi connectivity index (χ0v) is 14.4. The molecule has 0 saturated carbocycles. The largest absolute Gasteiger partial charge is 0.394 e. The maximum absolute atomic E-state index is 12.5. The Bertz CT molecular complexity index is 612. The number of aliphatic hydroxyl groups excluding tert-OH is 1. The lowest BCUT2D eigenvalue weighted by Gasteiger charge is -2.32. The number of hydrogen-bond acceptors (Lipinski definition) is 3. The number of amides is 1. The summed E-state index contributed by atoms with van der Waals surface area (Å²) in [6, 6.07) is 19.5. The number of carbonyl (C=O) groups excluding carboxylic acids is 1. The summed E-state index contributed by atoms with van der Waals surface area (Å²) in [5, 5.41) is 12.7. The van der Waals surface area contributed by atoms with Crippen LogP contribution in [0.2, 0.25) is 0 Å². The fraction of sp³-hybridized carbons (Fsp3) is 0.350. The molecule has 0 radical (unpaired) electrons. The lowest BCUT2D eigenvalue weighted by atomic mass is 10.1.